The van der Waals surface area contributed by atoms with E-state index in [1.165, 1.54) is 0 Å². The van der Waals surface area contributed by atoms with Crippen LogP contribution in [0.2, 0.25) is 0 Å². The Balaban J connectivity index is 1.49. The number of carbonyl (C=O) groups is 2. The van der Waals surface area contributed by atoms with Gasteiger partial charge < -0.3 is 9.80 Å². The van der Waals surface area contributed by atoms with Crippen LogP contribution in [0.3, 0.4) is 0 Å². The van der Waals surface area contributed by atoms with Crippen molar-refractivity contribution >= 4 is 23.2 Å². The van der Waals surface area contributed by atoms with E-state index < -0.39 is 0 Å². The van der Waals surface area contributed by atoms with Crippen molar-refractivity contribution in [1.82, 2.24) is 19.4 Å². The molecule has 7 heteroatoms. The van der Waals surface area contributed by atoms with Crippen molar-refractivity contribution in [3.8, 4) is 5.13 Å². The van der Waals surface area contributed by atoms with Crippen LogP contribution in [0, 0.1) is 20.8 Å². The van der Waals surface area contributed by atoms with Gasteiger partial charge in [0.05, 0.1) is 5.56 Å². The zero-order valence-corrected chi connectivity index (χ0v) is 18.4. The number of carbonyl (C=O) groups excluding carboxylic acids is 2. The van der Waals surface area contributed by atoms with E-state index in [0.29, 0.717) is 37.3 Å². The molecule has 0 N–H and O–H groups in total. The van der Waals surface area contributed by atoms with Crippen LogP contribution in [0.5, 0.6) is 0 Å². The SMILES string of the molecule is Cc1cccc(C(=O)N2CCCN(C(=O)c3cc(C)n(-c4nccs4)c3C)CC2)c1. The van der Waals surface area contributed by atoms with E-state index in [2.05, 4.69) is 4.98 Å². The molecule has 6 nitrogen and oxygen atoms in total. The molecule has 0 spiro atoms. The van der Waals surface area contributed by atoms with Gasteiger partial charge in [0.2, 0.25) is 0 Å². The average molecular weight is 423 g/mol. The highest BCUT2D eigenvalue weighted by atomic mass is 32.1. The molecule has 1 fully saturated rings. The molecule has 3 heterocycles. The maximum absolute atomic E-state index is 13.3. The molecule has 156 valence electrons. The molecule has 4 rings (SSSR count). The van der Waals surface area contributed by atoms with Crippen LogP contribution in [0.4, 0.5) is 0 Å². The van der Waals surface area contributed by atoms with E-state index in [9.17, 15) is 9.59 Å². The highest BCUT2D eigenvalue weighted by Crippen LogP contribution is 2.24. The van der Waals surface area contributed by atoms with Crippen LogP contribution in [-0.2, 0) is 0 Å². The molecule has 0 radical (unpaired) electrons. The van der Waals surface area contributed by atoms with Gasteiger partial charge in [-0.1, -0.05) is 17.7 Å². The molecule has 3 aromatic rings. The van der Waals surface area contributed by atoms with Crippen molar-refractivity contribution in [1.29, 1.82) is 0 Å². The smallest absolute Gasteiger partial charge is 0.255 e. The van der Waals surface area contributed by atoms with E-state index in [0.717, 1.165) is 28.5 Å². The van der Waals surface area contributed by atoms with Gasteiger partial charge in [-0.2, -0.15) is 0 Å². The van der Waals surface area contributed by atoms with Crippen LogP contribution in [-0.4, -0.2) is 57.3 Å². The Bertz CT molecular complexity index is 1070. The highest BCUT2D eigenvalue weighted by Gasteiger charge is 2.26. The van der Waals surface area contributed by atoms with Gasteiger partial charge in [-0.05, 0) is 45.4 Å². The topological polar surface area (TPSA) is 58.4 Å². The predicted molar refractivity (Wildman–Crippen MR) is 119 cm³/mol. The first-order valence-corrected chi connectivity index (χ1v) is 11.1. The summed E-state index contributed by atoms with van der Waals surface area (Å²) in [7, 11) is 0. The van der Waals surface area contributed by atoms with Crippen LogP contribution < -0.4 is 0 Å². The van der Waals surface area contributed by atoms with E-state index in [4.69, 9.17) is 0 Å². The van der Waals surface area contributed by atoms with Gasteiger partial charge in [-0.15, -0.1) is 11.3 Å². The molecule has 0 saturated carbocycles. The molecular formula is C23H26N4O2S. The number of benzene rings is 1. The van der Waals surface area contributed by atoms with Gasteiger partial charge in [-0.3, -0.25) is 14.2 Å². The van der Waals surface area contributed by atoms with Gasteiger partial charge in [0.25, 0.3) is 11.8 Å². The lowest BCUT2D eigenvalue weighted by Gasteiger charge is -2.22. The van der Waals surface area contributed by atoms with Crippen LogP contribution >= 0.6 is 11.3 Å². The minimum Gasteiger partial charge on any atom is -0.337 e. The molecule has 2 amide bonds. The molecule has 0 bridgehead atoms. The Hall–Kier alpha value is -2.93. The maximum Gasteiger partial charge on any atom is 0.255 e. The van der Waals surface area contributed by atoms with Gasteiger partial charge in [-0.25, -0.2) is 4.98 Å². The number of hydrogen-bond acceptors (Lipinski definition) is 4. The van der Waals surface area contributed by atoms with Crippen LogP contribution in [0.25, 0.3) is 5.13 Å². The molecule has 1 saturated heterocycles. The second-order valence-electron chi connectivity index (χ2n) is 7.74. The zero-order chi connectivity index (χ0) is 21.3. The van der Waals surface area contributed by atoms with Gasteiger partial charge in [0.15, 0.2) is 5.13 Å². The Labute approximate surface area is 180 Å². The first-order valence-electron chi connectivity index (χ1n) is 10.2. The van der Waals surface area contributed by atoms with E-state index in [1.54, 1.807) is 17.5 Å². The van der Waals surface area contributed by atoms with Crippen molar-refractivity contribution in [3.63, 3.8) is 0 Å². The second-order valence-corrected chi connectivity index (χ2v) is 8.62. The summed E-state index contributed by atoms with van der Waals surface area (Å²) < 4.78 is 2.03. The number of aryl methyl sites for hydroxylation is 2. The summed E-state index contributed by atoms with van der Waals surface area (Å²) in [6, 6.07) is 9.62. The largest absolute Gasteiger partial charge is 0.337 e. The fraction of sp³-hybridized carbons (Fsp3) is 0.348. The molecule has 1 aromatic carbocycles. The molecule has 2 aromatic heterocycles. The molecule has 0 aliphatic carbocycles. The zero-order valence-electron chi connectivity index (χ0n) is 17.6. The Morgan fingerprint density at radius 1 is 0.967 bits per heavy atom. The lowest BCUT2D eigenvalue weighted by molar-refractivity contribution is 0.0718. The van der Waals surface area contributed by atoms with E-state index in [1.807, 2.05) is 70.9 Å². The molecule has 1 aliphatic rings. The Morgan fingerprint density at radius 3 is 2.37 bits per heavy atom. The van der Waals surface area contributed by atoms with Gasteiger partial charge >= 0.3 is 0 Å². The van der Waals surface area contributed by atoms with Crippen molar-refractivity contribution in [3.05, 3.63) is 70.0 Å². The highest BCUT2D eigenvalue weighted by molar-refractivity contribution is 7.12. The van der Waals surface area contributed by atoms with E-state index in [-0.39, 0.29) is 11.8 Å². The standard InChI is InChI=1S/C23H26N4O2S/c1-16-6-4-7-19(14-16)21(28)25-9-5-10-26(12-11-25)22(29)20-15-17(2)27(18(20)3)23-24-8-13-30-23/h4,6-8,13-15H,5,9-12H2,1-3H3. The number of thiazole rings is 1. The van der Waals surface area contributed by atoms with Crippen molar-refractivity contribution in [2.75, 3.05) is 26.2 Å². The first kappa shape index (κ1) is 20.3. The van der Waals surface area contributed by atoms with Crippen LogP contribution in [0.1, 0.15) is 44.1 Å². The normalized spacial score (nSPS) is 14.6. The van der Waals surface area contributed by atoms with E-state index >= 15 is 0 Å². The molecule has 0 atom stereocenters. The number of aromatic nitrogens is 2. The third-order valence-corrected chi connectivity index (χ3v) is 6.36. The average Bonchev–Trinajstić information content (AvgIpc) is 3.26. The monoisotopic (exact) mass is 422 g/mol. The summed E-state index contributed by atoms with van der Waals surface area (Å²) in [4.78, 5) is 34.3. The number of nitrogens with zero attached hydrogens (tertiary/aromatic N) is 4. The fourth-order valence-electron chi connectivity index (χ4n) is 4.05. The molecule has 0 unspecified atom stereocenters. The Kier molecular flexibility index (Phi) is 5.72. The van der Waals surface area contributed by atoms with Crippen molar-refractivity contribution in [2.24, 2.45) is 0 Å². The predicted octanol–water partition coefficient (Wildman–Crippen LogP) is 3.85. The second kappa shape index (κ2) is 8.44. The third-order valence-electron chi connectivity index (χ3n) is 5.61. The molecular weight excluding hydrogens is 396 g/mol. The summed E-state index contributed by atoms with van der Waals surface area (Å²) >= 11 is 1.55. The minimum absolute atomic E-state index is 0.0239. The Morgan fingerprint density at radius 2 is 1.70 bits per heavy atom. The van der Waals surface area contributed by atoms with Crippen molar-refractivity contribution in [2.45, 2.75) is 27.2 Å². The number of hydrogen-bond donors (Lipinski definition) is 0. The van der Waals surface area contributed by atoms with Crippen molar-refractivity contribution < 1.29 is 9.59 Å². The molecule has 30 heavy (non-hydrogen) atoms. The minimum atomic E-state index is 0.0239. The summed E-state index contributed by atoms with van der Waals surface area (Å²) in [5, 5.41) is 2.81. The summed E-state index contributed by atoms with van der Waals surface area (Å²) in [6.07, 6.45) is 2.55. The quantitative estimate of drug-likeness (QED) is 0.644. The van der Waals surface area contributed by atoms with Gasteiger partial charge in [0, 0.05) is 54.7 Å². The summed E-state index contributed by atoms with van der Waals surface area (Å²) in [5.41, 5.74) is 4.40. The third kappa shape index (κ3) is 3.89. The lowest BCUT2D eigenvalue weighted by Crippen LogP contribution is -2.37. The maximum atomic E-state index is 13.3. The fourth-order valence-corrected chi connectivity index (χ4v) is 4.81. The van der Waals surface area contributed by atoms with Gasteiger partial charge in [0.1, 0.15) is 0 Å². The molecule has 1 aliphatic heterocycles. The first-order chi connectivity index (χ1) is 14.5. The lowest BCUT2D eigenvalue weighted by atomic mass is 10.1. The number of amides is 2. The van der Waals surface area contributed by atoms with Crippen LogP contribution in [0.15, 0.2) is 41.9 Å². The number of rotatable bonds is 3. The summed E-state index contributed by atoms with van der Waals surface area (Å²) in [6.45, 7) is 8.34. The summed E-state index contributed by atoms with van der Waals surface area (Å²) in [5.74, 6) is 0.0608.